The SMILES string of the molecule is COC(=O)c1ccnc(-c2cc(N3CCCCC3)ccc2Nc2cccc(C(=O)N(C)CCN3CCOCC3)c2)c1. The minimum Gasteiger partial charge on any atom is -0.465 e. The van der Waals surface area contributed by atoms with Crippen LogP contribution >= 0.6 is 0 Å². The lowest BCUT2D eigenvalue weighted by atomic mass is 10.0. The Bertz CT molecular complexity index is 1350. The molecule has 9 heteroatoms. The molecule has 0 bridgehead atoms. The average molecular weight is 558 g/mol. The summed E-state index contributed by atoms with van der Waals surface area (Å²) >= 11 is 0. The molecule has 2 saturated heterocycles. The van der Waals surface area contributed by atoms with Gasteiger partial charge in [-0.15, -0.1) is 0 Å². The molecule has 0 saturated carbocycles. The van der Waals surface area contributed by atoms with Crippen LogP contribution in [-0.4, -0.2) is 93.3 Å². The number of nitrogens with zero attached hydrogens (tertiary/aromatic N) is 4. The van der Waals surface area contributed by atoms with E-state index in [1.54, 1.807) is 23.2 Å². The number of likely N-dealkylation sites (N-methyl/N-ethyl adjacent to an activating group) is 1. The number of amides is 1. The van der Waals surface area contributed by atoms with E-state index in [4.69, 9.17) is 9.47 Å². The second-order valence-corrected chi connectivity index (χ2v) is 10.6. The van der Waals surface area contributed by atoms with Crippen LogP contribution in [0.25, 0.3) is 11.3 Å². The minimum atomic E-state index is -0.403. The highest BCUT2D eigenvalue weighted by atomic mass is 16.5. The third kappa shape index (κ3) is 7.23. The number of anilines is 3. The molecule has 0 spiro atoms. The second-order valence-electron chi connectivity index (χ2n) is 10.6. The summed E-state index contributed by atoms with van der Waals surface area (Å²) in [5, 5.41) is 3.51. The Morgan fingerprint density at radius 2 is 1.78 bits per heavy atom. The van der Waals surface area contributed by atoms with Gasteiger partial charge >= 0.3 is 5.97 Å². The van der Waals surface area contributed by atoms with E-state index in [-0.39, 0.29) is 5.91 Å². The van der Waals surface area contributed by atoms with Crippen molar-refractivity contribution in [1.82, 2.24) is 14.8 Å². The molecule has 0 aliphatic carbocycles. The van der Waals surface area contributed by atoms with Gasteiger partial charge in [0.2, 0.25) is 0 Å². The fourth-order valence-electron chi connectivity index (χ4n) is 5.35. The van der Waals surface area contributed by atoms with Gasteiger partial charge < -0.3 is 24.6 Å². The summed E-state index contributed by atoms with van der Waals surface area (Å²) in [6.45, 7) is 6.81. The molecule has 41 heavy (non-hydrogen) atoms. The number of rotatable bonds is 9. The van der Waals surface area contributed by atoms with Gasteiger partial charge in [-0.3, -0.25) is 14.7 Å². The van der Waals surface area contributed by atoms with Crippen molar-refractivity contribution in [2.75, 3.05) is 76.9 Å². The van der Waals surface area contributed by atoms with Crippen molar-refractivity contribution in [3.05, 3.63) is 71.9 Å². The molecule has 9 nitrogen and oxygen atoms in total. The molecule has 2 aromatic carbocycles. The standard InChI is InChI=1S/C32H39N5O4/c1-35(15-16-36-17-19-41-20-18-36)31(38)24-7-6-8-26(21-24)34-29-10-9-27(37-13-4-3-5-14-37)23-28(29)30-22-25(11-12-33-30)32(39)40-2/h6-12,21-23,34H,3-5,13-20H2,1-2H3. The maximum absolute atomic E-state index is 13.3. The summed E-state index contributed by atoms with van der Waals surface area (Å²) < 4.78 is 10.4. The van der Waals surface area contributed by atoms with E-state index < -0.39 is 5.97 Å². The van der Waals surface area contributed by atoms with Crippen molar-refractivity contribution < 1.29 is 19.1 Å². The first-order chi connectivity index (χ1) is 20.0. The van der Waals surface area contributed by atoms with E-state index in [9.17, 15) is 9.59 Å². The van der Waals surface area contributed by atoms with Crippen molar-refractivity contribution in [1.29, 1.82) is 0 Å². The van der Waals surface area contributed by atoms with Gasteiger partial charge in [-0.2, -0.15) is 0 Å². The first kappa shape index (κ1) is 28.6. The zero-order chi connectivity index (χ0) is 28.6. The maximum Gasteiger partial charge on any atom is 0.337 e. The number of esters is 1. The number of morpholine rings is 1. The molecule has 0 atom stereocenters. The van der Waals surface area contributed by atoms with Crippen molar-refractivity contribution in [2.24, 2.45) is 0 Å². The third-order valence-electron chi connectivity index (χ3n) is 7.77. The molecule has 1 amide bonds. The first-order valence-corrected chi connectivity index (χ1v) is 14.4. The number of ether oxygens (including phenoxy) is 2. The van der Waals surface area contributed by atoms with Crippen LogP contribution < -0.4 is 10.2 Å². The molecule has 3 aromatic rings. The number of benzene rings is 2. The molecular formula is C32H39N5O4. The lowest BCUT2D eigenvalue weighted by Crippen LogP contribution is -2.41. The second kappa shape index (κ2) is 13.6. The number of hydrogen-bond acceptors (Lipinski definition) is 8. The molecule has 3 heterocycles. The quantitative estimate of drug-likeness (QED) is 0.380. The van der Waals surface area contributed by atoms with Crippen LogP contribution in [0.5, 0.6) is 0 Å². The highest BCUT2D eigenvalue weighted by Gasteiger charge is 2.18. The fraction of sp³-hybridized carbons (Fsp3) is 0.406. The lowest BCUT2D eigenvalue weighted by molar-refractivity contribution is 0.0338. The van der Waals surface area contributed by atoms with Crippen LogP contribution in [0.3, 0.4) is 0 Å². The summed E-state index contributed by atoms with van der Waals surface area (Å²) in [7, 11) is 3.22. The van der Waals surface area contributed by atoms with Gasteiger partial charge in [-0.05, 0) is 67.8 Å². The summed E-state index contributed by atoms with van der Waals surface area (Å²) in [6, 6.07) is 17.3. The highest BCUT2D eigenvalue weighted by Crippen LogP contribution is 2.34. The van der Waals surface area contributed by atoms with E-state index in [2.05, 4.69) is 38.3 Å². The predicted octanol–water partition coefficient (Wildman–Crippen LogP) is 4.67. The van der Waals surface area contributed by atoms with Crippen molar-refractivity contribution in [2.45, 2.75) is 19.3 Å². The van der Waals surface area contributed by atoms with Gasteiger partial charge in [0.15, 0.2) is 0 Å². The summed E-state index contributed by atoms with van der Waals surface area (Å²) in [4.78, 5) is 36.6. The number of carbonyl (C=O) groups is 2. The number of nitrogens with one attached hydrogen (secondary N) is 1. The molecular weight excluding hydrogens is 518 g/mol. The largest absolute Gasteiger partial charge is 0.465 e. The number of piperidine rings is 1. The Labute approximate surface area is 242 Å². The van der Waals surface area contributed by atoms with Gasteiger partial charge in [0.1, 0.15) is 0 Å². The zero-order valence-electron chi connectivity index (χ0n) is 24.0. The normalized spacial score (nSPS) is 15.8. The smallest absolute Gasteiger partial charge is 0.337 e. The van der Waals surface area contributed by atoms with Gasteiger partial charge in [-0.1, -0.05) is 6.07 Å². The molecule has 5 rings (SSSR count). The van der Waals surface area contributed by atoms with Crippen LogP contribution in [0, 0.1) is 0 Å². The van der Waals surface area contributed by atoms with E-state index in [0.29, 0.717) is 23.4 Å². The van der Waals surface area contributed by atoms with E-state index >= 15 is 0 Å². The van der Waals surface area contributed by atoms with Gasteiger partial charge in [-0.25, -0.2) is 4.79 Å². The third-order valence-corrected chi connectivity index (χ3v) is 7.77. The van der Waals surface area contributed by atoms with Crippen LogP contribution in [0.1, 0.15) is 40.0 Å². The number of hydrogen-bond donors (Lipinski definition) is 1. The molecule has 0 radical (unpaired) electrons. The number of methoxy groups -OCH3 is 1. The van der Waals surface area contributed by atoms with Crippen molar-refractivity contribution in [3.63, 3.8) is 0 Å². The number of carbonyl (C=O) groups excluding carboxylic acids is 2. The molecule has 2 aliphatic rings. The molecule has 216 valence electrons. The zero-order valence-corrected chi connectivity index (χ0v) is 24.0. The Balaban J connectivity index is 1.38. The Morgan fingerprint density at radius 3 is 2.56 bits per heavy atom. The Hall–Kier alpha value is -3.95. The maximum atomic E-state index is 13.3. The predicted molar refractivity (Wildman–Crippen MR) is 161 cm³/mol. The number of aromatic nitrogens is 1. The van der Waals surface area contributed by atoms with Gasteiger partial charge in [0.25, 0.3) is 5.91 Å². The molecule has 2 aliphatic heterocycles. The van der Waals surface area contributed by atoms with Crippen molar-refractivity contribution >= 4 is 28.9 Å². The van der Waals surface area contributed by atoms with Crippen LogP contribution in [-0.2, 0) is 9.47 Å². The highest BCUT2D eigenvalue weighted by molar-refractivity contribution is 5.95. The van der Waals surface area contributed by atoms with Crippen LogP contribution in [0.4, 0.5) is 17.1 Å². The molecule has 1 aromatic heterocycles. The van der Waals surface area contributed by atoms with Crippen LogP contribution in [0.2, 0.25) is 0 Å². The molecule has 1 N–H and O–H groups in total. The first-order valence-electron chi connectivity index (χ1n) is 14.4. The Kier molecular flexibility index (Phi) is 9.48. The van der Waals surface area contributed by atoms with E-state index in [0.717, 1.165) is 68.6 Å². The average Bonchev–Trinajstić information content (AvgIpc) is 3.04. The van der Waals surface area contributed by atoms with Gasteiger partial charge in [0, 0.05) is 80.7 Å². The molecule has 0 unspecified atom stereocenters. The number of pyridine rings is 1. The lowest BCUT2D eigenvalue weighted by Gasteiger charge is -2.29. The monoisotopic (exact) mass is 557 g/mol. The topological polar surface area (TPSA) is 87.2 Å². The van der Waals surface area contributed by atoms with Crippen LogP contribution in [0.15, 0.2) is 60.8 Å². The molecule has 2 fully saturated rings. The summed E-state index contributed by atoms with van der Waals surface area (Å²) in [5.74, 6) is -0.422. The van der Waals surface area contributed by atoms with E-state index in [1.165, 1.54) is 26.4 Å². The summed E-state index contributed by atoms with van der Waals surface area (Å²) in [6.07, 6.45) is 5.23. The van der Waals surface area contributed by atoms with E-state index in [1.807, 2.05) is 31.3 Å². The minimum absolute atomic E-state index is 0.0185. The van der Waals surface area contributed by atoms with Crippen molar-refractivity contribution in [3.8, 4) is 11.3 Å². The fourth-order valence-corrected chi connectivity index (χ4v) is 5.35. The Morgan fingerprint density at radius 1 is 0.976 bits per heavy atom. The van der Waals surface area contributed by atoms with Gasteiger partial charge in [0.05, 0.1) is 31.6 Å². The summed E-state index contributed by atoms with van der Waals surface area (Å²) in [5.41, 5.74) is 5.37.